The molecule has 0 heterocycles. The van der Waals surface area contributed by atoms with Gasteiger partial charge in [-0.3, -0.25) is 4.94 Å². The molecule has 0 bridgehead atoms. The fraction of sp³-hybridized carbons (Fsp3) is 0.222. The van der Waals surface area contributed by atoms with Gasteiger partial charge in [0.15, 0.2) is 5.34 Å². The standard InChI is InChI=1S/C9H10N2O3/c12-7-9(10-14-11-13)6-8-4-2-1-3-5-8/h1-5,7,9-10H,6H2/i7T. The first-order valence-electron chi connectivity index (χ1n) is 4.52. The maximum Gasteiger partial charge on any atom is 0.176 e. The molecule has 14 heavy (non-hydrogen) atoms. The zero-order chi connectivity index (χ0) is 11.1. The van der Waals surface area contributed by atoms with Crippen LogP contribution in [0.4, 0.5) is 0 Å². The van der Waals surface area contributed by atoms with Crippen LogP contribution in [0.1, 0.15) is 6.93 Å². The Hall–Kier alpha value is -1.75. The van der Waals surface area contributed by atoms with E-state index in [2.05, 4.69) is 15.8 Å². The third kappa shape index (κ3) is 3.32. The van der Waals surface area contributed by atoms with Crippen LogP contribution in [0.5, 0.6) is 0 Å². The van der Waals surface area contributed by atoms with Gasteiger partial charge in [-0.15, -0.1) is 10.4 Å². The van der Waals surface area contributed by atoms with Gasteiger partial charge in [0.1, 0.15) is 13.7 Å². The molecular formula is C9H10N2O3. The molecule has 0 aromatic heterocycles. The Kier molecular flexibility index (Phi) is 3.67. The van der Waals surface area contributed by atoms with Gasteiger partial charge in [-0.25, -0.2) is 0 Å². The highest BCUT2D eigenvalue weighted by atomic mass is 16.8. The predicted molar refractivity (Wildman–Crippen MR) is 50.0 cm³/mol. The highest BCUT2D eigenvalue weighted by Gasteiger charge is 2.08. The van der Waals surface area contributed by atoms with Gasteiger partial charge in [0.2, 0.25) is 0 Å². The lowest BCUT2D eigenvalue weighted by Gasteiger charge is -2.07. The normalized spacial score (nSPS) is 12.7. The molecule has 1 aromatic carbocycles. The van der Waals surface area contributed by atoms with Crippen molar-refractivity contribution in [1.29, 1.82) is 0 Å². The van der Waals surface area contributed by atoms with E-state index in [0.29, 0.717) is 0 Å². The van der Waals surface area contributed by atoms with Crippen LogP contribution in [0, 0.1) is 4.91 Å². The van der Waals surface area contributed by atoms with Crippen LogP contribution in [0.15, 0.2) is 35.7 Å². The van der Waals surface area contributed by atoms with Crippen molar-refractivity contribution in [2.45, 2.75) is 12.5 Å². The summed E-state index contributed by atoms with van der Waals surface area (Å²) in [5.41, 5.74) is 2.97. The summed E-state index contributed by atoms with van der Waals surface area (Å²) in [6.45, 7) is 0. The number of carbonyl (C=O) groups is 1. The highest BCUT2D eigenvalue weighted by Crippen LogP contribution is 2.01. The van der Waals surface area contributed by atoms with Gasteiger partial charge in [-0.2, -0.15) is 0 Å². The molecule has 0 radical (unpaired) electrons. The summed E-state index contributed by atoms with van der Waals surface area (Å²) >= 11 is 0. The molecule has 5 nitrogen and oxygen atoms in total. The molecule has 0 fully saturated rings. The number of hydrogen-bond acceptors (Lipinski definition) is 5. The zero-order valence-corrected chi connectivity index (χ0v) is 7.34. The lowest BCUT2D eigenvalue weighted by molar-refractivity contribution is -0.113. The first-order chi connectivity index (χ1) is 7.24. The van der Waals surface area contributed by atoms with Crippen molar-refractivity contribution in [2.75, 3.05) is 0 Å². The maximum atomic E-state index is 10.8. The van der Waals surface area contributed by atoms with Crippen molar-refractivity contribution in [2.24, 2.45) is 5.34 Å². The molecule has 0 aliphatic carbocycles. The van der Waals surface area contributed by atoms with E-state index in [-0.39, 0.29) is 6.42 Å². The number of rotatable bonds is 6. The number of benzene rings is 1. The second-order valence-electron chi connectivity index (χ2n) is 2.64. The Balaban J connectivity index is 2.58. The molecule has 1 aromatic rings. The Bertz CT molecular complexity index is 331. The van der Waals surface area contributed by atoms with Crippen LogP contribution in [-0.4, -0.2) is 12.3 Å². The van der Waals surface area contributed by atoms with Crippen molar-refractivity contribution < 1.29 is 11.1 Å². The second-order valence-corrected chi connectivity index (χ2v) is 2.64. The van der Waals surface area contributed by atoms with Gasteiger partial charge in [0, 0.05) is 0 Å². The van der Waals surface area contributed by atoms with Crippen molar-refractivity contribution in [3.8, 4) is 0 Å². The van der Waals surface area contributed by atoms with Crippen LogP contribution in [0.3, 0.4) is 0 Å². The summed E-state index contributed by atoms with van der Waals surface area (Å²) in [5, 5.41) is 2.10. The van der Waals surface area contributed by atoms with Crippen molar-refractivity contribution in [3.05, 3.63) is 40.8 Å². The second kappa shape index (κ2) is 5.82. The van der Waals surface area contributed by atoms with Crippen molar-refractivity contribution in [3.63, 3.8) is 0 Å². The minimum Gasteiger partial charge on any atom is -0.301 e. The molecule has 0 aliphatic rings. The number of aldehydes is 1. The molecule has 0 amide bonds. The summed E-state index contributed by atoms with van der Waals surface area (Å²) in [6, 6.07) is 8.22. The number of nitrogens with one attached hydrogen (secondary N) is 1. The number of hydroxylamine groups is 1. The fourth-order valence-corrected chi connectivity index (χ4v) is 1.04. The number of hydrogen-bond donors (Lipinski definition) is 1. The van der Waals surface area contributed by atoms with E-state index in [1.54, 1.807) is 0 Å². The Morgan fingerprint density at radius 2 is 2.29 bits per heavy atom. The van der Waals surface area contributed by atoms with Crippen LogP contribution >= 0.6 is 0 Å². The minimum absolute atomic E-state index is 0.276. The predicted octanol–water partition coefficient (Wildman–Crippen LogP) is 0.999. The van der Waals surface area contributed by atoms with Crippen LogP contribution in [0.25, 0.3) is 0 Å². The molecular weight excluding hydrogens is 184 g/mol. The molecule has 5 heteroatoms. The van der Waals surface area contributed by atoms with Gasteiger partial charge in [0.25, 0.3) is 0 Å². The summed E-state index contributed by atoms with van der Waals surface area (Å²) < 4.78 is 6.94. The first kappa shape index (κ1) is 8.83. The van der Waals surface area contributed by atoms with E-state index >= 15 is 0 Å². The van der Waals surface area contributed by atoms with Crippen LogP contribution in [-0.2, 0) is 16.2 Å². The van der Waals surface area contributed by atoms with E-state index in [9.17, 15) is 9.70 Å². The van der Waals surface area contributed by atoms with Crippen molar-refractivity contribution >= 4 is 6.26 Å². The van der Waals surface area contributed by atoms with Gasteiger partial charge < -0.3 is 4.79 Å². The minimum atomic E-state index is -0.884. The van der Waals surface area contributed by atoms with Gasteiger partial charge in [0.05, 0.1) is 0 Å². The summed E-state index contributed by atoms with van der Waals surface area (Å²) in [6.07, 6.45) is -0.582. The quantitative estimate of drug-likeness (QED) is 0.418. The molecule has 0 aliphatic heterocycles. The molecule has 0 spiro atoms. The zero-order valence-electron chi connectivity index (χ0n) is 8.34. The monoisotopic (exact) mass is 196 g/mol. The van der Waals surface area contributed by atoms with Gasteiger partial charge in [-0.1, -0.05) is 30.3 Å². The maximum absolute atomic E-state index is 10.8. The fourth-order valence-electron chi connectivity index (χ4n) is 1.04. The van der Waals surface area contributed by atoms with Crippen LogP contribution < -0.4 is 5.48 Å². The molecule has 1 rings (SSSR count). The third-order valence-corrected chi connectivity index (χ3v) is 1.66. The highest BCUT2D eigenvalue weighted by molar-refractivity contribution is 5.58. The average Bonchev–Trinajstić information content (AvgIpc) is 2.25. The smallest absolute Gasteiger partial charge is 0.176 e. The first-order valence-corrected chi connectivity index (χ1v) is 4.02. The van der Waals surface area contributed by atoms with E-state index < -0.39 is 12.3 Å². The third-order valence-electron chi connectivity index (χ3n) is 1.66. The largest absolute Gasteiger partial charge is 0.301 e. The number of nitrogens with zero attached hydrogens (tertiary/aromatic N) is 1. The van der Waals surface area contributed by atoms with E-state index in [1.165, 1.54) is 0 Å². The topological polar surface area (TPSA) is 67.8 Å². The Morgan fingerprint density at radius 1 is 1.57 bits per heavy atom. The lowest BCUT2D eigenvalue weighted by Crippen LogP contribution is -2.31. The van der Waals surface area contributed by atoms with E-state index in [0.717, 1.165) is 5.56 Å². The summed E-state index contributed by atoms with van der Waals surface area (Å²) in [7, 11) is 0. The SMILES string of the molecule is [3H]C(=O)C(Cc1ccccc1)NON=O. The Labute approximate surface area is 82.4 Å². The summed E-state index contributed by atoms with van der Waals surface area (Å²) in [4.78, 5) is 24.5. The molecule has 0 saturated carbocycles. The molecule has 1 atom stereocenters. The molecule has 0 saturated heterocycles. The summed E-state index contributed by atoms with van der Waals surface area (Å²) in [5.74, 6) is 0. The average molecular weight is 196 g/mol. The van der Waals surface area contributed by atoms with Gasteiger partial charge >= 0.3 is 0 Å². The Morgan fingerprint density at radius 3 is 2.86 bits per heavy atom. The van der Waals surface area contributed by atoms with E-state index in [1.807, 2.05) is 30.3 Å². The molecule has 74 valence electrons. The molecule has 1 unspecified atom stereocenters. The van der Waals surface area contributed by atoms with Crippen LogP contribution in [0.2, 0.25) is 0 Å². The lowest BCUT2D eigenvalue weighted by atomic mass is 10.1. The molecule has 1 N–H and O–H groups in total. The van der Waals surface area contributed by atoms with Crippen molar-refractivity contribution in [1.82, 2.24) is 5.48 Å². The van der Waals surface area contributed by atoms with E-state index in [4.69, 9.17) is 1.37 Å². The number of carbonyl (C=O) groups excluding carboxylic acids is 1. The van der Waals surface area contributed by atoms with Gasteiger partial charge in [-0.05, 0) is 12.0 Å².